The first kappa shape index (κ1) is 8.30. The Morgan fingerprint density at radius 3 is 2.92 bits per heavy atom. The lowest BCUT2D eigenvalue weighted by molar-refractivity contribution is 0.101. The van der Waals surface area contributed by atoms with Crippen LogP contribution in [-0.4, -0.2) is 10.4 Å². The number of allylic oxidation sites excluding steroid dienone is 1. The van der Waals surface area contributed by atoms with Crippen LogP contribution in [0.3, 0.4) is 0 Å². The lowest BCUT2D eigenvalue weighted by Crippen LogP contribution is -2.05. The molecule has 68 valence electrons. The smallest absolute Gasteiger partial charge is 0.161 e. The molecule has 0 atom stereocenters. The molecule has 0 aliphatic carbocycles. The van der Waals surface area contributed by atoms with E-state index in [9.17, 15) is 4.79 Å². The van der Waals surface area contributed by atoms with E-state index in [0.717, 1.165) is 29.9 Å². The van der Waals surface area contributed by atoms with Crippen LogP contribution < -0.4 is 0 Å². The zero-order chi connectivity index (χ0) is 9.42. The molecule has 1 aliphatic rings. The van der Waals surface area contributed by atoms with Gasteiger partial charge in [0, 0.05) is 23.5 Å². The number of Topliss-reactive ketones (excluding diaryl/α,β-unsaturated/α-hetero) is 1. The van der Waals surface area contributed by atoms with Crippen LogP contribution >= 0.6 is 0 Å². The van der Waals surface area contributed by atoms with Crippen LogP contribution in [0.2, 0.25) is 0 Å². The van der Waals surface area contributed by atoms with Crippen molar-refractivity contribution in [3.8, 4) is 0 Å². The summed E-state index contributed by atoms with van der Waals surface area (Å²) < 4.78 is 2.21. The van der Waals surface area contributed by atoms with Crippen LogP contribution in [0, 0.1) is 6.92 Å². The van der Waals surface area contributed by atoms with Gasteiger partial charge in [0.25, 0.3) is 0 Å². The highest BCUT2D eigenvalue weighted by molar-refractivity contribution is 5.96. The summed E-state index contributed by atoms with van der Waals surface area (Å²) in [7, 11) is 0. The molecule has 0 radical (unpaired) electrons. The molecule has 0 bridgehead atoms. The van der Waals surface area contributed by atoms with E-state index in [2.05, 4.69) is 16.7 Å². The summed E-state index contributed by atoms with van der Waals surface area (Å²) in [5.41, 5.74) is 3.13. The molecule has 1 aromatic heterocycles. The molecule has 2 heteroatoms. The van der Waals surface area contributed by atoms with Crippen LogP contribution in [-0.2, 0) is 6.54 Å². The number of hydrogen-bond acceptors (Lipinski definition) is 1. The number of carbonyl (C=O) groups excluding carboxylic acids is 1. The Kier molecular flexibility index (Phi) is 1.83. The summed E-state index contributed by atoms with van der Waals surface area (Å²) in [5.74, 6) is 0.160. The Morgan fingerprint density at radius 2 is 2.31 bits per heavy atom. The monoisotopic (exact) mass is 175 g/mol. The number of fused-ring (bicyclic) bond motifs is 1. The van der Waals surface area contributed by atoms with Gasteiger partial charge in [-0.1, -0.05) is 6.08 Å². The number of hydrogen-bond donors (Lipinski definition) is 0. The maximum Gasteiger partial charge on any atom is 0.161 e. The molecule has 0 aromatic carbocycles. The van der Waals surface area contributed by atoms with Crippen LogP contribution in [0.1, 0.15) is 35.1 Å². The van der Waals surface area contributed by atoms with Crippen LogP contribution in [0.5, 0.6) is 0 Å². The Balaban J connectivity index is 2.58. The molecular formula is C11H13NO. The van der Waals surface area contributed by atoms with Gasteiger partial charge in [-0.05, 0) is 32.4 Å². The highest BCUT2D eigenvalue weighted by atomic mass is 16.1. The number of rotatable bonds is 1. The molecule has 0 amide bonds. The fraction of sp³-hybridized carbons (Fsp3) is 0.364. The summed E-state index contributed by atoms with van der Waals surface area (Å²) in [6, 6.07) is 1.98. The van der Waals surface area contributed by atoms with E-state index in [0.29, 0.717) is 0 Å². The predicted octanol–water partition coefficient (Wildman–Crippen LogP) is 2.42. The van der Waals surface area contributed by atoms with Crippen molar-refractivity contribution in [1.82, 2.24) is 4.57 Å². The molecule has 0 N–H and O–H groups in total. The summed E-state index contributed by atoms with van der Waals surface area (Å²) in [6.45, 7) is 4.64. The predicted molar refractivity (Wildman–Crippen MR) is 52.8 cm³/mol. The van der Waals surface area contributed by atoms with Crippen LogP contribution in [0.15, 0.2) is 12.1 Å². The maximum absolute atomic E-state index is 11.2. The summed E-state index contributed by atoms with van der Waals surface area (Å²) in [4.78, 5) is 11.2. The molecule has 2 heterocycles. The van der Waals surface area contributed by atoms with Gasteiger partial charge in [0.15, 0.2) is 5.78 Å². The third-order valence-corrected chi connectivity index (χ3v) is 2.59. The van der Waals surface area contributed by atoms with Gasteiger partial charge in [-0.2, -0.15) is 0 Å². The van der Waals surface area contributed by atoms with Gasteiger partial charge in [-0.25, -0.2) is 0 Å². The number of ketones is 1. The SMILES string of the molecule is CC(=O)c1cc2n(c1C)CCC=C2. The Hall–Kier alpha value is -1.31. The second-order valence-corrected chi connectivity index (χ2v) is 3.47. The lowest BCUT2D eigenvalue weighted by atomic mass is 10.2. The van der Waals surface area contributed by atoms with E-state index in [-0.39, 0.29) is 5.78 Å². The van der Waals surface area contributed by atoms with Crippen molar-refractivity contribution in [2.45, 2.75) is 26.8 Å². The first-order chi connectivity index (χ1) is 6.20. The minimum absolute atomic E-state index is 0.160. The molecule has 0 saturated carbocycles. The average molecular weight is 175 g/mol. The lowest BCUT2D eigenvalue weighted by Gasteiger charge is -2.11. The van der Waals surface area contributed by atoms with Gasteiger partial charge < -0.3 is 4.57 Å². The highest BCUT2D eigenvalue weighted by Gasteiger charge is 2.14. The first-order valence-electron chi connectivity index (χ1n) is 4.58. The Bertz CT molecular complexity index is 385. The molecule has 13 heavy (non-hydrogen) atoms. The van der Waals surface area contributed by atoms with E-state index in [1.165, 1.54) is 0 Å². The zero-order valence-electron chi connectivity index (χ0n) is 8.00. The number of carbonyl (C=O) groups is 1. The minimum Gasteiger partial charge on any atom is -0.344 e. The first-order valence-corrected chi connectivity index (χ1v) is 4.58. The summed E-state index contributed by atoms with van der Waals surface area (Å²) >= 11 is 0. The molecule has 1 aromatic rings. The molecule has 0 saturated heterocycles. The maximum atomic E-state index is 11.2. The third kappa shape index (κ3) is 1.22. The molecule has 2 nitrogen and oxygen atoms in total. The van der Waals surface area contributed by atoms with Gasteiger partial charge in [-0.15, -0.1) is 0 Å². The third-order valence-electron chi connectivity index (χ3n) is 2.59. The van der Waals surface area contributed by atoms with Crippen molar-refractivity contribution in [2.75, 3.05) is 0 Å². The van der Waals surface area contributed by atoms with Crippen LogP contribution in [0.4, 0.5) is 0 Å². The van der Waals surface area contributed by atoms with Crippen molar-refractivity contribution in [3.63, 3.8) is 0 Å². The number of aromatic nitrogens is 1. The second-order valence-electron chi connectivity index (χ2n) is 3.47. The molecule has 1 aliphatic heterocycles. The topological polar surface area (TPSA) is 22.0 Å². The standard InChI is InChI=1S/C11H13NO/c1-8-11(9(2)13)7-10-5-3-4-6-12(8)10/h3,5,7H,4,6H2,1-2H3. The molecular weight excluding hydrogens is 162 g/mol. The minimum atomic E-state index is 0.160. The molecule has 2 rings (SSSR count). The van der Waals surface area contributed by atoms with E-state index in [1.54, 1.807) is 6.92 Å². The van der Waals surface area contributed by atoms with Gasteiger partial charge >= 0.3 is 0 Å². The van der Waals surface area contributed by atoms with E-state index in [4.69, 9.17) is 0 Å². The fourth-order valence-electron chi connectivity index (χ4n) is 1.87. The van der Waals surface area contributed by atoms with Gasteiger partial charge in [-0.3, -0.25) is 4.79 Å². The quantitative estimate of drug-likeness (QED) is 0.601. The van der Waals surface area contributed by atoms with Crippen LogP contribution in [0.25, 0.3) is 6.08 Å². The average Bonchev–Trinajstić information content (AvgIpc) is 2.45. The highest BCUT2D eigenvalue weighted by Crippen LogP contribution is 2.21. The largest absolute Gasteiger partial charge is 0.344 e. The van der Waals surface area contributed by atoms with Crippen molar-refractivity contribution < 1.29 is 4.79 Å². The molecule has 0 fully saturated rings. The Morgan fingerprint density at radius 1 is 1.54 bits per heavy atom. The molecule has 0 spiro atoms. The number of nitrogens with zero attached hydrogens (tertiary/aromatic N) is 1. The van der Waals surface area contributed by atoms with E-state index >= 15 is 0 Å². The van der Waals surface area contributed by atoms with Crippen molar-refractivity contribution >= 4 is 11.9 Å². The molecule has 0 unspecified atom stereocenters. The van der Waals surface area contributed by atoms with Crippen molar-refractivity contribution in [1.29, 1.82) is 0 Å². The second kappa shape index (κ2) is 2.87. The van der Waals surface area contributed by atoms with Gasteiger partial charge in [0.05, 0.1) is 0 Å². The van der Waals surface area contributed by atoms with Gasteiger partial charge in [0.2, 0.25) is 0 Å². The summed E-state index contributed by atoms with van der Waals surface area (Å²) in [6.07, 6.45) is 5.31. The van der Waals surface area contributed by atoms with E-state index in [1.807, 2.05) is 13.0 Å². The normalized spacial score (nSPS) is 14.3. The van der Waals surface area contributed by atoms with Crippen molar-refractivity contribution in [2.24, 2.45) is 0 Å². The fourth-order valence-corrected chi connectivity index (χ4v) is 1.87. The Labute approximate surface area is 77.9 Å². The summed E-state index contributed by atoms with van der Waals surface area (Å²) in [5, 5.41) is 0. The van der Waals surface area contributed by atoms with E-state index < -0.39 is 0 Å². The zero-order valence-corrected chi connectivity index (χ0v) is 8.00. The van der Waals surface area contributed by atoms with Crippen molar-refractivity contribution in [3.05, 3.63) is 29.1 Å². The van der Waals surface area contributed by atoms with Gasteiger partial charge in [0.1, 0.15) is 0 Å².